The lowest BCUT2D eigenvalue weighted by molar-refractivity contribution is 0.357. The fraction of sp³-hybridized carbons (Fsp3) is 0.214. The van der Waals surface area contributed by atoms with E-state index in [0.29, 0.717) is 0 Å². The first-order chi connectivity index (χ1) is 8.34. The third-order valence-corrected chi connectivity index (χ3v) is 3.49. The molecule has 17 heavy (non-hydrogen) atoms. The van der Waals surface area contributed by atoms with Crippen LogP contribution in [0.5, 0.6) is 5.75 Å². The number of pyridine rings is 1. The third kappa shape index (κ3) is 2.01. The number of fused-ring (bicyclic) bond motifs is 1. The predicted molar refractivity (Wildman–Crippen MR) is 67.6 cm³/mol. The van der Waals surface area contributed by atoms with E-state index in [9.17, 15) is 0 Å². The van der Waals surface area contributed by atoms with Crippen LogP contribution in [0.3, 0.4) is 0 Å². The zero-order chi connectivity index (χ0) is 11.7. The fourth-order valence-corrected chi connectivity index (χ4v) is 2.35. The maximum absolute atomic E-state index is 6.45. The fourth-order valence-electron chi connectivity index (χ4n) is 2.08. The van der Waals surface area contributed by atoms with Gasteiger partial charge >= 0.3 is 0 Å². The van der Waals surface area contributed by atoms with Crippen molar-refractivity contribution in [1.82, 2.24) is 4.98 Å². The highest BCUT2D eigenvalue weighted by molar-refractivity contribution is 6.22. The van der Waals surface area contributed by atoms with Crippen molar-refractivity contribution in [1.29, 1.82) is 0 Å². The van der Waals surface area contributed by atoms with Crippen LogP contribution < -0.4 is 4.74 Å². The second kappa shape index (κ2) is 4.38. The van der Waals surface area contributed by atoms with Gasteiger partial charge in [0, 0.05) is 18.8 Å². The van der Waals surface area contributed by atoms with E-state index in [0.717, 1.165) is 29.9 Å². The Morgan fingerprint density at radius 1 is 1.24 bits per heavy atom. The van der Waals surface area contributed by atoms with Gasteiger partial charge in [-0.3, -0.25) is 4.98 Å². The average Bonchev–Trinajstić information content (AvgIpc) is 2.86. The molecule has 0 saturated carbocycles. The largest absolute Gasteiger partial charge is 0.493 e. The minimum atomic E-state index is -0.144. The van der Waals surface area contributed by atoms with Crippen molar-refractivity contribution >= 4 is 11.6 Å². The molecule has 0 N–H and O–H groups in total. The number of halogens is 1. The van der Waals surface area contributed by atoms with Crippen LogP contribution in [-0.4, -0.2) is 11.6 Å². The van der Waals surface area contributed by atoms with Crippen molar-refractivity contribution in [2.24, 2.45) is 0 Å². The zero-order valence-electron chi connectivity index (χ0n) is 9.27. The Bertz CT molecular complexity index is 527. The van der Waals surface area contributed by atoms with Crippen LogP contribution in [0.2, 0.25) is 0 Å². The SMILES string of the molecule is ClC(c1cccnc1)c1ccc2c(c1)CCO2. The van der Waals surface area contributed by atoms with E-state index in [2.05, 4.69) is 11.1 Å². The van der Waals surface area contributed by atoms with Gasteiger partial charge in [0.25, 0.3) is 0 Å². The highest BCUT2D eigenvalue weighted by atomic mass is 35.5. The first-order valence-corrected chi connectivity index (χ1v) is 6.08. The van der Waals surface area contributed by atoms with Crippen molar-refractivity contribution in [3.05, 3.63) is 59.4 Å². The summed E-state index contributed by atoms with van der Waals surface area (Å²) >= 11 is 6.45. The number of ether oxygens (including phenoxy) is 1. The first-order valence-electron chi connectivity index (χ1n) is 5.64. The summed E-state index contributed by atoms with van der Waals surface area (Å²) in [6, 6.07) is 10.1. The molecule has 0 bridgehead atoms. The van der Waals surface area contributed by atoms with Gasteiger partial charge in [-0.2, -0.15) is 0 Å². The van der Waals surface area contributed by atoms with E-state index in [-0.39, 0.29) is 5.38 Å². The number of rotatable bonds is 2. The molecule has 0 spiro atoms. The van der Waals surface area contributed by atoms with Crippen LogP contribution in [0, 0.1) is 0 Å². The molecule has 1 aromatic heterocycles. The molecule has 0 fully saturated rings. The molecular formula is C14H12ClNO. The quantitative estimate of drug-likeness (QED) is 0.757. The Morgan fingerprint density at radius 2 is 2.18 bits per heavy atom. The minimum absolute atomic E-state index is 0.144. The molecule has 0 saturated heterocycles. The lowest BCUT2D eigenvalue weighted by Gasteiger charge is -2.10. The van der Waals surface area contributed by atoms with Gasteiger partial charge in [-0.25, -0.2) is 0 Å². The van der Waals surface area contributed by atoms with Crippen LogP contribution in [0.4, 0.5) is 0 Å². The number of hydrogen-bond acceptors (Lipinski definition) is 2. The van der Waals surface area contributed by atoms with Gasteiger partial charge in [0.05, 0.1) is 12.0 Å². The van der Waals surface area contributed by atoms with Crippen molar-refractivity contribution in [3.63, 3.8) is 0 Å². The molecule has 1 aliphatic heterocycles. The Labute approximate surface area is 105 Å². The van der Waals surface area contributed by atoms with Crippen molar-refractivity contribution in [2.45, 2.75) is 11.8 Å². The Hall–Kier alpha value is -1.54. The Balaban J connectivity index is 1.94. The summed E-state index contributed by atoms with van der Waals surface area (Å²) in [6.45, 7) is 0.776. The van der Waals surface area contributed by atoms with Crippen LogP contribution in [-0.2, 0) is 6.42 Å². The number of aromatic nitrogens is 1. The predicted octanol–water partition coefficient (Wildman–Crippen LogP) is 3.34. The molecule has 0 aliphatic carbocycles. The first kappa shape index (κ1) is 10.6. The number of hydrogen-bond donors (Lipinski definition) is 0. The van der Waals surface area contributed by atoms with E-state index in [4.69, 9.17) is 16.3 Å². The molecule has 2 heterocycles. The summed E-state index contributed by atoms with van der Waals surface area (Å²) in [7, 11) is 0. The molecule has 3 heteroatoms. The van der Waals surface area contributed by atoms with Crippen molar-refractivity contribution in [3.8, 4) is 5.75 Å². The van der Waals surface area contributed by atoms with Crippen LogP contribution in [0.15, 0.2) is 42.7 Å². The smallest absolute Gasteiger partial charge is 0.122 e. The molecule has 1 aromatic carbocycles. The van der Waals surface area contributed by atoms with E-state index in [1.807, 2.05) is 24.3 Å². The average molecular weight is 246 g/mol. The second-order valence-corrected chi connectivity index (χ2v) is 4.55. The zero-order valence-corrected chi connectivity index (χ0v) is 10.0. The highest BCUT2D eigenvalue weighted by Crippen LogP contribution is 2.33. The van der Waals surface area contributed by atoms with E-state index >= 15 is 0 Å². The lowest BCUT2D eigenvalue weighted by atomic mass is 10.0. The van der Waals surface area contributed by atoms with Gasteiger partial charge in [-0.1, -0.05) is 18.2 Å². The summed E-state index contributed by atoms with van der Waals surface area (Å²) in [5, 5.41) is -0.144. The summed E-state index contributed by atoms with van der Waals surface area (Å²) in [5.74, 6) is 0.990. The summed E-state index contributed by atoms with van der Waals surface area (Å²) in [4.78, 5) is 4.09. The summed E-state index contributed by atoms with van der Waals surface area (Å²) < 4.78 is 5.48. The minimum Gasteiger partial charge on any atom is -0.493 e. The molecule has 86 valence electrons. The topological polar surface area (TPSA) is 22.1 Å². The van der Waals surface area contributed by atoms with Gasteiger partial charge in [0.15, 0.2) is 0 Å². The van der Waals surface area contributed by atoms with E-state index in [1.54, 1.807) is 12.4 Å². The number of nitrogens with zero attached hydrogens (tertiary/aromatic N) is 1. The van der Waals surface area contributed by atoms with Gasteiger partial charge in [-0.15, -0.1) is 11.6 Å². The van der Waals surface area contributed by atoms with Gasteiger partial charge in [0.2, 0.25) is 0 Å². The molecular weight excluding hydrogens is 234 g/mol. The van der Waals surface area contributed by atoms with E-state index in [1.165, 1.54) is 5.56 Å². The summed E-state index contributed by atoms with van der Waals surface area (Å²) in [5.41, 5.74) is 3.37. The normalized spacial score (nSPS) is 15.1. The Kier molecular flexibility index (Phi) is 2.73. The number of benzene rings is 1. The molecule has 0 amide bonds. The van der Waals surface area contributed by atoms with Crippen molar-refractivity contribution in [2.75, 3.05) is 6.61 Å². The highest BCUT2D eigenvalue weighted by Gasteiger charge is 2.16. The molecule has 1 aliphatic rings. The molecule has 0 radical (unpaired) electrons. The van der Waals surface area contributed by atoms with E-state index < -0.39 is 0 Å². The molecule has 1 atom stereocenters. The third-order valence-electron chi connectivity index (χ3n) is 2.98. The van der Waals surface area contributed by atoms with Gasteiger partial charge < -0.3 is 4.74 Å². The van der Waals surface area contributed by atoms with Crippen LogP contribution >= 0.6 is 11.6 Å². The number of alkyl halides is 1. The maximum atomic E-state index is 6.45. The standard InChI is InChI=1S/C14H12ClNO/c15-14(12-2-1-6-16-9-12)11-3-4-13-10(8-11)5-7-17-13/h1-4,6,8-9,14H,5,7H2. The van der Waals surface area contributed by atoms with Gasteiger partial charge in [0.1, 0.15) is 5.75 Å². The van der Waals surface area contributed by atoms with Gasteiger partial charge in [-0.05, 0) is 28.8 Å². The molecule has 3 rings (SSSR count). The molecule has 2 nitrogen and oxygen atoms in total. The monoisotopic (exact) mass is 245 g/mol. The second-order valence-electron chi connectivity index (χ2n) is 4.11. The lowest BCUT2D eigenvalue weighted by Crippen LogP contribution is -1.94. The summed E-state index contributed by atoms with van der Waals surface area (Å²) in [6.07, 6.45) is 4.53. The maximum Gasteiger partial charge on any atom is 0.122 e. The van der Waals surface area contributed by atoms with Crippen molar-refractivity contribution < 1.29 is 4.74 Å². The molecule has 2 aromatic rings. The Morgan fingerprint density at radius 3 is 3.00 bits per heavy atom. The van der Waals surface area contributed by atoms with Crippen LogP contribution in [0.25, 0.3) is 0 Å². The van der Waals surface area contributed by atoms with Crippen LogP contribution in [0.1, 0.15) is 22.1 Å². The molecule has 1 unspecified atom stereocenters.